The number of anilines is 1. The Morgan fingerprint density at radius 3 is 2.22 bits per heavy atom. The summed E-state index contributed by atoms with van der Waals surface area (Å²) in [6.45, 7) is 4.42. The third kappa shape index (κ3) is 2.13. The van der Waals surface area contributed by atoms with E-state index in [2.05, 4.69) is 38.7 Å². The Labute approximate surface area is 108 Å². The van der Waals surface area contributed by atoms with Crippen LogP contribution >= 0.6 is 0 Å². The van der Waals surface area contributed by atoms with Crippen molar-refractivity contribution in [2.24, 2.45) is 0 Å². The van der Waals surface area contributed by atoms with E-state index in [1.54, 1.807) is 0 Å². The lowest BCUT2D eigenvalue weighted by molar-refractivity contribution is 0.578. The SMILES string of the molecule is Cc1nccn1-c1ccc(N2CCCCC2)cc1. The van der Waals surface area contributed by atoms with Crippen LogP contribution in [0, 0.1) is 6.92 Å². The molecule has 3 rings (SSSR count). The van der Waals surface area contributed by atoms with Gasteiger partial charge in [0, 0.05) is 36.9 Å². The van der Waals surface area contributed by atoms with Crippen molar-refractivity contribution in [3.63, 3.8) is 0 Å². The van der Waals surface area contributed by atoms with Gasteiger partial charge in [0.2, 0.25) is 0 Å². The van der Waals surface area contributed by atoms with Gasteiger partial charge < -0.3 is 9.47 Å². The van der Waals surface area contributed by atoms with Crippen molar-refractivity contribution in [1.82, 2.24) is 9.55 Å². The zero-order valence-corrected chi connectivity index (χ0v) is 10.8. The maximum atomic E-state index is 4.26. The number of aryl methyl sites for hydroxylation is 1. The van der Waals surface area contributed by atoms with Crippen molar-refractivity contribution in [2.45, 2.75) is 26.2 Å². The number of piperidine rings is 1. The second-order valence-electron chi connectivity index (χ2n) is 4.91. The highest BCUT2D eigenvalue weighted by atomic mass is 15.1. The van der Waals surface area contributed by atoms with Crippen LogP contribution < -0.4 is 4.90 Å². The van der Waals surface area contributed by atoms with Crippen LogP contribution in [0.2, 0.25) is 0 Å². The third-order valence-electron chi connectivity index (χ3n) is 3.67. The molecule has 0 amide bonds. The van der Waals surface area contributed by atoms with E-state index in [9.17, 15) is 0 Å². The molecule has 1 saturated heterocycles. The number of imidazole rings is 1. The molecule has 3 heteroatoms. The molecule has 1 fully saturated rings. The molecule has 94 valence electrons. The molecule has 0 aliphatic carbocycles. The lowest BCUT2D eigenvalue weighted by atomic mass is 10.1. The average molecular weight is 241 g/mol. The first kappa shape index (κ1) is 11.3. The first-order chi connectivity index (χ1) is 8.84. The van der Waals surface area contributed by atoms with Gasteiger partial charge in [-0.05, 0) is 50.5 Å². The van der Waals surface area contributed by atoms with Gasteiger partial charge in [0.1, 0.15) is 5.82 Å². The molecular weight excluding hydrogens is 222 g/mol. The highest BCUT2D eigenvalue weighted by Gasteiger charge is 2.10. The summed E-state index contributed by atoms with van der Waals surface area (Å²) in [5.41, 5.74) is 2.53. The Hall–Kier alpha value is -1.77. The third-order valence-corrected chi connectivity index (χ3v) is 3.67. The van der Waals surface area contributed by atoms with Gasteiger partial charge in [-0.25, -0.2) is 4.98 Å². The molecule has 3 nitrogen and oxygen atoms in total. The largest absolute Gasteiger partial charge is 0.372 e. The van der Waals surface area contributed by atoms with Crippen molar-refractivity contribution in [2.75, 3.05) is 18.0 Å². The van der Waals surface area contributed by atoms with Crippen molar-refractivity contribution in [3.05, 3.63) is 42.5 Å². The van der Waals surface area contributed by atoms with Crippen molar-refractivity contribution in [1.29, 1.82) is 0 Å². The smallest absolute Gasteiger partial charge is 0.110 e. The highest BCUT2D eigenvalue weighted by molar-refractivity contribution is 5.51. The Bertz CT molecular complexity index is 507. The molecule has 2 aromatic rings. The molecule has 0 bridgehead atoms. The first-order valence-electron chi connectivity index (χ1n) is 6.70. The average Bonchev–Trinajstić information content (AvgIpc) is 2.86. The fourth-order valence-electron chi connectivity index (χ4n) is 2.63. The molecule has 1 aliphatic heterocycles. The standard InChI is InChI=1S/C15H19N3/c1-13-16-9-12-18(13)15-7-5-14(6-8-15)17-10-3-2-4-11-17/h5-9,12H,2-4,10-11H2,1H3. The van der Waals surface area contributed by atoms with E-state index in [-0.39, 0.29) is 0 Å². The maximum absolute atomic E-state index is 4.26. The number of hydrogen-bond acceptors (Lipinski definition) is 2. The summed E-state index contributed by atoms with van der Waals surface area (Å²) in [4.78, 5) is 6.74. The van der Waals surface area contributed by atoms with E-state index >= 15 is 0 Å². The molecule has 1 aromatic carbocycles. The van der Waals surface area contributed by atoms with Crippen LogP contribution in [0.5, 0.6) is 0 Å². The molecule has 0 N–H and O–H groups in total. The van der Waals surface area contributed by atoms with Crippen LogP contribution in [-0.2, 0) is 0 Å². The van der Waals surface area contributed by atoms with E-state index in [0.717, 1.165) is 5.82 Å². The zero-order valence-electron chi connectivity index (χ0n) is 10.8. The molecule has 1 aromatic heterocycles. The fourth-order valence-corrected chi connectivity index (χ4v) is 2.63. The lowest BCUT2D eigenvalue weighted by Crippen LogP contribution is -2.29. The predicted molar refractivity (Wildman–Crippen MR) is 74.4 cm³/mol. The van der Waals surface area contributed by atoms with E-state index < -0.39 is 0 Å². The highest BCUT2D eigenvalue weighted by Crippen LogP contribution is 2.21. The van der Waals surface area contributed by atoms with Crippen LogP contribution in [0.3, 0.4) is 0 Å². The minimum absolute atomic E-state index is 1.03. The molecule has 0 unspecified atom stereocenters. The Morgan fingerprint density at radius 2 is 1.61 bits per heavy atom. The van der Waals surface area contributed by atoms with Crippen LogP contribution in [0.15, 0.2) is 36.7 Å². The fraction of sp³-hybridized carbons (Fsp3) is 0.400. The summed E-state index contributed by atoms with van der Waals surface area (Å²) in [7, 11) is 0. The second kappa shape index (κ2) is 4.84. The number of hydrogen-bond donors (Lipinski definition) is 0. The molecule has 18 heavy (non-hydrogen) atoms. The van der Waals surface area contributed by atoms with Gasteiger partial charge in [-0.3, -0.25) is 0 Å². The summed E-state index contributed by atoms with van der Waals surface area (Å²) in [6, 6.07) is 8.80. The van der Waals surface area contributed by atoms with Crippen LogP contribution in [0.4, 0.5) is 5.69 Å². The van der Waals surface area contributed by atoms with Crippen molar-refractivity contribution < 1.29 is 0 Å². The summed E-state index contributed by atoms with van der Waals surface area (Å²) in [6.07, 6.45) is 7.87. The van der Waals surface area contributed by atoms with Crippen LogP contribution in [0.25, 0.3) is 5.69 Å². The van der Waals surface area contributed by atoms with Crippen LogP contribution in [-0.4, -0.2) is 22.6 Å². The van der Waals surface area contributed by atoms with Crippen molar-refractivity contribution >= 4 is 5.69 Å². The Kier molecular flexibility index (Phi) is 3.05. The summed E-state index contributed by atoms with van der Waals surface area (Å²) in [5.74, 6) is 1.03. The first-order valence-corrected chi connectivity index (χ1v) is 6.70. The van der Waals surface area contributed by atoms with Gasteiger partial charge in [-0.15, -0.1) is 0 Å². The molecule has 0 spiro atoms. The normalized spacial score (nSPS) is 15.9. The minimum atomic E-state index is 1.03. The number of nitrogens with zero attached hydrogens (tertiary/aromatic N) is 3. The predicted octanol–water partition coefficient (Wildman–Crippen LogP) is 3.17. The maximum Gasteiger partial charge on any atom is 0.110 e. The summed E-state index contributed by atoms with van der Waals surface area (Å²) < 4.78 is 2.11. The number of aromatic nitrogens is 2. The molecule has 2 heterocycles. The van der Waals surface area contributed by atoms with E-state index in [4.69, 9.17) is 0 Å². The number of benzene rings is 1. The van der Waals surface area contributed by atoms with Gasteiger partial charge in [0.15, 0.2) is 0 Å². The summed E-state index contributed by atoms with van der Waals surface area (Å²) >= 11 is 0. The zero-order chi connectivity index (χ0) is 12.4. The second-order valence-corrected chi connectivity index (χ2v) is 4.91. The van der Waals surface area contributed by atoms with Gasteiger partial charge in [-0.1, -0.05) is 0 Å². The van der Waals surface area contributed by atoms with Crippen molar-refractivity contribution in [3.8, 4) is 5.69 Å². The topological polar surface area (TPSA) is 21.1 Å². The van der Waals surface area contributed by atoms with E-state index in [1.165, 1.54) is 43.7 Å². The monoisotopic (exact) mass is 241 g/mol. The Balaban J connectivity index is 1.82. The van der Waals surface area contributed by atoms with Gasteiger partial charge in [-0.2, -0.15) is 0 Å². The van der Waals surface area contributed by atoms with Gasteiger partial charge in [0.05, 0.1) is 0 Å². The lowest BCUT2D eigenvalue weighted by Gasteiger charge is -2.28. The van der Waals surface area contributed by atoms with E-state index in [1.807, 2.05) is 19.3 Å². The molecule has 1 aliphatic rings. The van der Waals surface area contributed by atoms with E-state index in [0.29, 0.717) is 0 Å². The molecular formula is C15H19N3. The Morgan fingerprint density at radius 1 is 0.944 bits per heavy atom. The minimum Gasteiger partial charge on any atom is -0.372 e. The van der Waals surface area contributed by atoms with Gasteiger partial charge in [0.25, 0.3) is 0 Å². The van der Waals surface area contributed by atoms with Gasteiger partial charge >= 0.3 is 0 Å². The summed E-state index contributed by atoms with van der Waals surface area (Å²) in [5, 5.41) is 0. The quantitative estimate of drug-likeness (QED) is 0.805. The molecule has 0 atom stereocenters. The van der Waals surface area contributed by atoms with Crippen LogP contribution in [0.1, 0.15) is 25.1 Å². The number of rotatable bonds is 2. The molecule has 0 radical (unpaired) electrons. The molecule has 0 saturated carbocycles.